The molecule has 0 fully saturated rings. The maximum absolute atomic E-state index is 5.76. The van der Waals surface area contributed by atoms with Crippen LogP contribution in [0.1, 0.15) is 24.5 Å². The van der Waals surface area contributed by atoms with Gasteiger partial charge in [0.05, 0.1) is 0 Å². The van der Waals surface area contributed by atoms with Gasteiger partial charge in [-0.2, -0.15) is 0 Å². The van der Waals surface area contributed by atoms with Gasteiger partial charge >= 0.3 is 0 Å². The van der Waals surface area contributed by atoms with E-state index in [1.807, 2.05) is 12.1 Å². The zero-order valence-corrected chi connectivity index (χ0v) is 12.5. The van der Waals surface area contributed by atoms with Crippen LogP contribution in [0, 0.1) is 6.92 Å². The average molecular weight is 265 g/mol. The van der Waals surface area contributed by atoms with Crippen LogP contribution in [0.2, 0.25) is 0 Å². The molecule has 1 aromatic rings. The van der Waals surface area contributed by atoms with Crippen LogP contribution in [-0.4, -0.2) is 36.6 Å². The highest BCUT2D eigenvalue weighted by Crippen LogP contribution is 2.21. The summed E-state index contributed by atoms with van der Waals surface area (Å²) in [5.74, 6) is 0. The van der Waals surface area contributed by atoms with E-state index in [0.29, 0.717) is 11.0 Å². The summed E-state index contributed by atoms with van der Waals surface area (Å²) in [5, 5.41) is 3.52. The fourth-order valence-electron chi connectivity index (χ4n) is 1.84. The molecule has 3 N–H and O–H groups in total. The lowest BCUT2D eigenvalue weighted by Crippen LogP contribution is -2.25. The Hall–Kier alpha value is -1.13. The van der Waals surface area contributed by atoms with Gasteiger partial charge in [0.15, 0.2) is 0 Å². The van der Waals surface area contributed by atoms with Crippen molar-refractivity contribution in [3.63, 3.8) is 0 Å². The summed E-state index contributed by atoms with van der Waals surface area (Å²) in [7, 11) is 4.17. The number of nitrogens with zero attached hydrogens (tertiary/aromatic N) is 1. The molecule has 0 saturated heterocycles. The van der Waals surface area contributed by atoms with Crippen molar-refractivity contribution in [1.29, 1.82) is 0 Å². The van der Waals surface area contributed by atoms with E-state index in [2.05, 4.69) is 44.2 Å². The van der Waals surface area contributed by atoms with Gasteiger partial charge in [0.1, 0.15) is 4.99 Å². The van der Waals surface area contributed by atoms with E-state index in [4.69, 9.17) is 18.0 Å². The Kier molecular flexibility index (Phi) is 5.56. The molecule has 4 heteroatoms. The van der Waals surface area contributed by atoms with Gasteiger partial charge < -0.3 is 16.0 Å². The summed E-state index contributed by atoms with van der Waals surface area (Å²) >= 11 is 5.10. The third-order valence-corrected chi connectivity index (χ3v) is 3.16. The highest BCUT2D eigenvalue weighted by molar-refractivity contribution is 7.80. The molecule has 18 heavy (non-hydrogen) atoms. The zero-order valence-electron chi connectivity index (χ0n) is 11.7. The molecule has 0 heterocycles. The Morgan fingerprint density at radius 1 is 1.44 bits per heavy atom. The van der Waals surface area contributed by atoms with E-state index in [1.54, 1.807) is 0 Å². The molecule has 1 rings (SSSR count). The lowest BCUT2D eigenvalue weighted by Gasteiger charge is -2.21. The summed E-state index contributed by atoms with van der Waals surface area (Å²) in [6.07, 6.45) is 1.08. The maximum atomic E-state index is 5.76. The maximum Gasteiger partial charge on any atom is 0.106 e. The summed E-state index contributed by atoms with van der Waals surface area (Å²) in [4.78, 5) is 2.63. The van der Waals surface area contributed by atoms with Crippen LogP contribution in [0.15, 0.2) is 18.2 Å². The van der Waals surface area contributed by atoms with E-state index in [-0.39, 0.29) is 0 Å². The monoisotopic (exact) mass is 265 g/mol. The van der Waals surface area contributed by atoms with Gasteiger partial charge in [-0.05, 0) is 52.5 Å². The molecule has 0 amide bonds. The summed E-state index contributed by atoms with van der Waals surface area (Å²) in [6, 6.07) is 6.42. The largest absolute Gasteiger partial charge is 0.389 e. The summed E-state index contributed by atoms with van der Waals surface area (Å²) in [6.45, 7) is 5.31. The first-order valence-corrected chi connectivity index (χ1v) is 6.63. The number of hydrogen-bond donors (Lipinski definition) is 2. The van der Waals surface area contributed by atoms with Crippen LogP contribution in [0.25, 0.3) is 0 Å². The van der Waals surface area contributed by atoms with Crippen LogP contribution >= 0.6 is 12.2 Å². The molecule has 0 aliphatic heterocycles. The van der Waals surface area contributed by atoms with E-state index >= 15 is 0 Å². The lowest BCUT2D eigenvalue weighted by atomic mass is 10.1. The lowest BCUT2D eigenvalue weighted by molar-refractivity contribution is 0.390. The average Bonchev–Trinajstić information content (AvgIpc) is 2.28. The molecule has 0 radical (unpaired) electrons. The fraction of sp³-hybridized carbons (Fsp3) is 0.500. The molecule has 1 unspecified atom stereocenters. The first-order valence-electron chi connectivity index (χ1n) is 6.22. The number of thiocarbonyl (C=S) groups is 1. The predicted molar refractivity (Wildman–Crippen MR) is 83.3 cm³/mol. The van der Waals surface area contributed by atoms with E-state index in [9.17, 15) is 0 Å². The minimum atomic E-state index is 0.390. The van der Waals surface area contributed by atoms with Crippen molar-refractivity contribution in [1.82, 2.24) is 4.90 Å². The van der Waals surface area contributed by atoms with E-state index < -0.39 is 0 Å². The fourth-order valence-corrected chi connectivity index (χ4v) is 2.01. The Bertz CT molecular complexity index is 416. The van der Waals surface area contributed by atoms with Crippen LogP contribution in [0.5, 0.6) is 0 Å². The quantitative estimate of drug-likeness (QED) is 0.775. The molecule has 0 aliphatic carbocycles. The molecule has 3 nitrogen and oxygen atoms in total. The van der Waals surface area contributed by atoms with Gasteiger partial charge in [-0.15, -0.1) is 0 Å². The molecule has 1 aromatic carbocycles. The van der Waals surface area contributed by atoms with Crippen LogP contribution in [0.3, 0.4) is 0 Å². The number of rotatable bonds is 6. The zero-order chi connectivity index (χ0) is 13.7. The molecule has 0 saturated carbocycles. The van der Waals surface area contributed by atoms with Crippen molar-refractivity contribution in [3.05, 3.63) is 29.3 Å². The molecule has 0 bridgehead atoms. The van der Waals surface area contributed by atoms with Crippen LogP contribution < -0.4 is 11.1 Å². The smallest absolute Gasteiger partial charge is 0.106 e. The van der Waals surface area contributed by atoms with Gasteiger partial charge in [0.25, 0.3) is 0 Å². The van der Waals surface area contributed by atoms with Crippen LogP contribution in [0.4, 0.5) is 5.69 Å². The van der Waals surface area contributed by atoms with Gasteiger partial charge in [-0.1, -0.05) is 24.4 Å². The molecular formula is C14H23N3S. The Morgan fingerprint density at radius 2 is 2.11 bits per heavy atom. The Labute approximate surface area is 115 Å². The summed E-state index contributed by atoms with van der Waals surface area (Å²) < 4.78 is 0. The minimum Gasteiger partial charge on any atom is -0.389 e. The van der Waals surface area contributed by atoms with Crippen molar-refractivity contribution >= 4 is 22.9 Å². The highest BCUT2D eigenvalue weighted by atomic mass is 32.1. The van der Waals surface area contributed by atoms with E-state index in [1.165, 1.54) is 5.56 Å². The molecule has 0 aliphatic rings. The molecule has 0 spiro atoms. The topological polar surface area (TPSA) is 41.3 Å². The van der Waals surface area contributed by atoms with Gasteiger partial charge in [0, 0.05) is 17.3 Å². The minimum absolute atomic E-state index is 0.390. The predicted octanol–water partition coefficient (Wildman–Crippen LogP) is 2.38. The van der Waals surface area contributed by atoms with Gasteiger partial charge in [-0.3, -0.25) is 0 Å². The number of benzene rings is 1. The molecular weight excluding hydrogens is 242 g/mol. The third-order valence-electron chi connectivity index (χ3n) is 2.94. The van der Waals surface area contributed by atoms with Gasteiger partial charge in [0.2, 0.25) is 0 Å². The first-order chi connectivity index (χ1) is 8.41. The van der Waals surface area contributed by atoms with Crippen LogP contribution in [-0.2, 0) is 0 Å². The number of para-hydroxylation sites is 1. The third kappa shape index (κ3) is 4.27. The second-order valence-corrected chi connectivity index (χ2v) is 5.44. The Balaban J connectivity index is 2.80. The standard InChI is InChI=1S/C14H23N3S/c1-10-6-5-7-12(14(15)18)13(10)16-11(2)8-9-17(3)4/h5-7,11,16H,8-9H2,1-4H3,(H2,15,18). The number of aryl methyl sites for hydroxylation is 1. The van der Waals surface area contributed by atoms with Crippen molar-refractivity contribution < 1.29 is 0 Å². The second kappa shape index (κ2) is 6.71. The van der Waals surface area contributed by atoms with Gasteiger partial charge in [-0.25, -0.2) is 0 Å². The number of anilines is 1. The normalized spacial score (nSPS) is 12.5. The first kappa shape index (κ1) is 14.9. The van der Waals surface area contributed by atoms with Crippen molar-refractivity contribution in [2.24, 2.45) is 5.73 Å². The van der Waals surface area contributed by atoms with Crippen molar-refractivity contribution in [2.45, 2.75) is 26.3 Å². The molecule has 100 valence electrons. The van der Waals surface area contributed by atoms with Crippen molar-refractivity contribution in [2.75, 3.05) is 26.0 Å². The SMILES string of the molecule is Cc1cccc(C(N)=S)c1NC(C)CCN(C)C. The van der Waals surface area contributed by atoms with Crippen molar-refractivity contribution in [3.8, 4) is 0 Å². The highest BCUT2D eigenvalue weighted by Gasteiger charge is 2.10. The summed E-state index contributed by atoms with van der Waals surface area (Å²) in [5.41, 5.74) is 8.94. The second-order valence-electron chi connectivity index (χ2n) is 5.00. The Morgan fingerprint density at radius 3 is 2.67 bits per heavy atom. The molecule has 1 atom stereocenters. The number of hydrogen-bond acceptors (Lipinski definition) is 3. The van der Waals surface area contributed by atoms with E-state index in [0.717, 1.165) is 24.2 Å². The number of nitrogens with two attached hydrogens (primary N) is 1. The molecule has 0 aromatic heterocycles. The number of nitrogens with one attached hydrogen (secondary N) is 1.